The molecule has 0 saturated carbocycles. The summed E-state index contributed by atoms with van der Waals surface area (Å²) in [5.74, 6) is 0.119. The van der Waals surface area contributed by atoms with Crippen molar-refractivity contribution in [3.05, 3.63) is 24.2 Å². The number of halogens is 1. The van der Waals surface area contributed by atoms with Crippen molar-refractivity contribution >= 4 is 23.4 Å². The van der Waals surface area contributed by atoms with Crippen molar-refractivity contribution in [2.45, 2.75) is 12.3 Å². The summed E-state index contributed by atoms with van der Waals surface area (Å²) in [7, 11) is 0. The van der Waals surface area contributed by atoms with Gasteiger partial charge in [0.2, 0.25) is 5.91 Å². The molecule has 1 atom stereocenters. The second-order valence-corrected chi connectivity index (χ2v) is 4.87. The summed E-state index contributed by atoms with van der Waals surface area (Å²) in [6.07, 6.45) is 1.47. The lowest BCUT2D eigenvalue weighted by Gasteiger charge is -2.34. The van der Waals surface area contributed by atoms with Crippen molar-refractivity contribution in [3.8, 4) is 0 Å². The van der Waals surface area contributed by atoms with Crippen molar-refractivity contribution in [2.75, 3.05) is 26.2 Å². The van der Waals surface area contributed by atoms with Crippen molar-refractivity contribution in [1.29, 1.82) is 0 Å². The topological polar surface area (TPSA) is 53.8 Å². The summed E-state index contributed by atoms with van der Waals surface area (Å²) in [5, 5.41) is -0.516. The molecule has 1 aromatic heterocycles. The zero-order valence-electron chi connectivity index (χ0n) is 10.1. The molecule has 0 N–H and O–H groups in total. The van der Waals surface area contributed by atoms with Crippen LogP contribution >= 0.6 is 11.6 Å². The number of alkyl halides is 1. The Bertz CT molecular complexity index is 423. The molecule has 0 spiro atoms. The van der Waals surface area contributed by atoms with E-state index in [1.54, 1.807) is 28.9 Å². The third-order valence-corrected chi connectivity index (χ3v) is 3.14. The average molecular weight is 271 g/mol. The van der Waals surface area contributed by atoms with Crippen LogP contribution in [-0.2, 0) is 4.79 Å². The summed E-state index contributed by atoms with van der Waals surface area (Å²) in [6, 6.07) is 3.32. The number of carbonyl (C=O) groups excluding carboxylic acids is 2. The van der Waals surface area contributed by atoms with Crippen molar-refractivity contribution in [2.24, 2.45) is 0 Å². The van der Waals surface area contributed by atoms with Gasteiger partial charge in [0.25, 0.3) is 5.91 Å². The van der Waals surface area contributed by atoms with E-state index in [1.165, 1.54) is 6.26 Å². The first-order chi connectivity index (χ1) is 8.59. The van der Waals surface area contributed by atoms with Crippen LogP contribution in [-0.4, -0.2) is 53.2 Å². The van der Waals surface area contributed by atoms with Crippen LogP contribution in [0.25, 0.3) is 0 Å². The summed E-state index contributed by atoms with van der Waals surface area (Å²) in [4.78, 5) is 27.0. The number of piperazine rings is 1. The summed E-state index contributed by atoms with van der Waals surface area (Å²) >= 11 is 5.75. The lowest BCUT2D eigenvalue weighted by Crippen LogP contribution is -2.51. The van der Waals surface area contributed by atoms with Gasteiger partial charge in [0.05, 0.1) is 6.26 Å². The van der Waals surface area contributed by atoms with Gasteiger partial charge in [0.1, 0.15) is 5.38 Å². The summed E-state index contributed by atoms with van der Waals surface area (Å²) < 4.78 is 5.07. The first-order valence-electron chi connectivity index (χ1n) is 5.85. The van der Waals surface area contributed by atoms with Gasteiger partial charge in [-0.25, -0.2) is 0 Å². The number of nitrogens with zero attached hydrogens (tertiary/aromatic N) is 2. The Kier molecular flexibility index (Phi) is 3.91. The van der Waals surface area contributed by atoms with Crippen LogP contribution in [0.2, 0.25) is 0 Å². The fourth-order valence-corrected chi connectivity index (χ4v) is 2.08. The molecule has 0 radical (unpaired) electrons. The van der Waals surface area contributed by atoms with Crippen LogP contribution in [0.1, 0.15) is 17.5 Å². The van der Waals surface area contributed by atoms with Gasteiger partial charge in [0.15, 0.2) is 5.76 Å². The molecule has 2 amide bonds. The first kappa shape index (κ1) is 13.0. The molecule has 1 fully saturated rings. The molecule has 0 bridgehead atoms. The van der Waals surface area contributed by atoms with Crippen LogP contribution < -0.4 is 0 Å². The van der Waals surface area contributed by atoms with Crippen molar-refractivity contribution < 1.29 is 14.0 Å². The van der Waals surface area contributed by atoms with E-state index in [0.717, 1.165) is 0 Å². The van der Waals surface area contributed by atoms with Gasteiger partial charge >= 0.3 is 0 Å². The number of hydrogen-bond acceptors (Lipinski definition) is 3. The summed E-state index contributed by atoms with van der Waals surface area (Å²) in [6.45, 7) is 3.71. The molecule has 6 heteroatoms. The lowest BCUT2D eigenvalue weighted by atomic mass is 10.2. The lowest BCUT2D eigenvalue weighted by molar-refractivity contribution is -0.131. The van der Waals surface area contributed by atoms with Crippen LogP contribution in [0.5, 0.6) is 0 Å². The van der Waals surface area contributed by atoms with Gasteiger partial charge < -0.3 is 14.2 Å². The molecule has 98 valence electrons. The van der Waals surface area contributed by atoms with E-state index in [-0.39, 0.29) is 11.8 Å². The number of amides is 2. The number of rotatable bonds is 2. The molecule has 2 heterocycles. The molecule has 1 unspecified atom stereocenters. The Hall–Kier alpha value is -1.49. The number of carbonyl (C=O) groups is 2. The van der Waals surface area contributed by atoms with Crippen LogP contribution in [0, 0.1) is 0 Å². The molecule has 1 aliphatic heterocycles. The normalized spacial score (nSPS) is 17.7. The van der Waals surface area contributed by atoms with E-state index in [2.05, 4.69) is 0 Å². The smallest absolute Gasteiger partial charge is 0.289 e. The first-order valence-corrected chi connectivity index (χ1v) is 6.29. The highest BCUT2D eigenvalue weighted by molar-refractivity contribution is 6.30. The Morgan fingerprint density at radius 1 is 1.28 bits per heavy atom. The van der Waals surface area contributed by atoms with Gasteiger partial charge in [-0.1, -0.05) is 0 Å². The standard InChI is InChI=1S/C12H15ClN2O3/c1-9(13)11(16)14-4-6-15(7-5-14)12(17)10-3-2-8-18-10/h2-3,8-9H,4-7H2,1H3. The third-order valence-electron chi connectivity index (χ3n) is 2.95. The van der Waals surface area contributed by atoms with Crippen molar-refractivity contribution in [3.63, 3.8) is 0 Å². The molecule has 1 aliphatic rings. The highest BCUT2D eigenvalue weighted by Gasteiger charge is 2.27. The molecule has 1 saturated heterocycles. The van der Waals surface area contributed by atoms with Gasteiger partial charge in [-0.05, 0) is 19.1 Å². The Labute approximate surface area is 110 Å². The van der Waals surface area contributed by atoms with Gasteiger partial charge in [-0.2, -0.15) is 0 Å². The van der Waals surface area contributed by atoms with E-state index in [0.29, 0.717) is 31.9 Å². The maximum atomic E-state index is 12.0. The second-order valence-electron chi connectivity index (χ2n) is 4.21. The van der Waals surface area contributed by atoms with Gasteiger partial charge in [-0.15, -0.1) is 11.6 Å². The number of furan rings is 1. The molecule has 0 aromatic carbocycles. The van der Waals surface area contributed by atoms with E-state index in [1.807, 2.05) is 0 Å². The van der Waals surface area contributed by atoms with Crippen LogP contribution in [0.4, 0.5) is 0 Å². The SMILES string of the molecule is CC(Cl)C(=O)N1CCN(C(=O)c2ccco2)CC1. The maximum absolute atomic E-state index is 12.0. The van der Waals surface area contributed by atoms with E-state index < -0.39 is 5.38 Å². The van der Waals surface area contributed by atoms with Crippen LogP contribution in [0.3, 0.4) is 0 Å². The summed E-state index contributed by atoms with van der Waals surface area (Å²) in [5.41, 5.74) is 0. The monoisotopic (exact) mass is 270 g/mol. The maximum Gasteiger partial charge on any atom is 0.289 e. The predicted molar refractivity (Wildman–Crippen MR) is 66.5 cm³/mol. The fourth-order valence-electron chi connectivity index (χ4n) is 1.94. The van der Waals surface area contributed by atoms with Crippen molar-refractivity contribution in [1.82, 2.24) is 9.80 Å². The third kappa shape index (κ3) is 2.67. The highest BCUT2D eigenvalue weighted by Crippen LogP contribution is 2.11. The second kappa shape index (κ2) is 5.44. The minimum atomic E-state index is -0.516. The predicted octanol–water partition coefficient (Wildman–Crippen LogP) is 1.19. The average Bonchev–Trinajstić information content (AvgIpc) is 2.91. The van der Waals surface area contributed by atoms with Gasteiger partial charge in [-0.3, -0.25) is 9.59 Å². The highest BCUT2D eigenvalue weighted by atomic mass is 35.5. The minimum absolute atomic E-state index is 0.0817. The van der Waals surface area contributed by atoms with E-state index >= 15 is 0 Å². The zero-order chi connectivity index (χ0) is 13.1. The van der Waals surface area contributed by atoms with Crippen LogP contribution in [0.15, 0.2) is 22.8 Å². The quantitative estimate of drug-likeness (QED) is 0.759. The van der Waals surface area contributed by atoms with E-state index in [9.17, 15) is 9.59 Å². The Balaban J connectivity index is 1.91. The van der Waals surface area contributed by atoms with E-state index in [4.69, 9.17) is 16.0 Å². The fraction of sp³-hybridized carbons (Fsp3) is 0.500. The Morgan fingerprint density at radius 2 is 1.89 bits per heavy atom. The molecule has 2 rings (SSSR count). The zero-order valence-corrected chi connectivity index (χ0v) is 10.9. The minimum Gasteiger partial charge on any atom is -0.459 e. The molecule has 1 aromatic rings. The molecule has 0 aliphatic carbocycles. The molecular formula is C12H15ClN2O3. The Morgan fingerprint density at radius 3 is 2.39 bits per heavy atom. The molecular weight excluding hydrogens is 256 g/mol. The number of hydrogen-bond donors (Lipinski definition) is 0. The molecule has 5 nitrogen and oxygen atoms in total. The van der Waals surface area contributed by atoms with Gasteiger partial charge in [0, 0.05) is 26.2 Å². The largest absolute Gasteiger partial charge is 0.459 e. The molecule has 18 heavy (non-hydrogen) atoms.